The van der Waals surface area contributed by atoms with E-state index in [1.165, 1.54) is 0 Å². The van der Waals surface area contributed by atoms with Crippen LogP contribution in [0.2, 0.25) is 0 Å². The summed E-state index contributed by atoms with van der Waals surface area (Å²) in [5.74, 6) is -1.06. The minimum atomic E-state index is -0.377. The third kappa shape index (κ3) is 5.88. The molecule has 4 rings (SSSR count). The van der Waals surface area contributed by atoms with Gasteiger partial charge in [0.05, 0.1) is 18.1 Å². The molecule has 2 heterocycles. The Kier molecular flexibility index (Phi) is 7.80. The number of carbonyl (C=O) groups is 4. The van der Waals surface area contributed by atoms with Gasteiger partial charge in [0.25, 0.3) is 0 Å². The van der Waals surface area contributed by atoms with Crippen molar-refractivity contribution >= 4 is 35.1 Å². The number of carbonyl (C=O) groups excluding carboxylic acids is 4. The van der Waals surface area contributed by atoms with Crippen LogP contribution in [0.4, 0.5) is 11.4 Å². The molecule has 0 bridgehead atoms. The normalized spacial score (nSPS) is 18.4. The summed E-state index contributed by atoms with van der Waals surface area (Å²) in [4.78, 5) is 53.6. The van der Waals surface area contributed by atoms with Crippen LogP contribution in [0.5, 0.6) is 0 Å². The zero-order chi connectivity index (χ0) is 24.8. The standard InChI is InChI=1S/C27H31N3O5/c1-2-16-35-27(34)20-8-10-22(11-9-20)28-25(32)19-12-14-29(15-13-19)26(33)21-17-24(31)30(18-21)23-6-4-3-5-7-23/h3-11,19,21H,2,12-18H2,1H3,(H,28,32). The summed E-state index contributed by atoms with van der Waals surface area (Å²) in [5.41, 5.74) is 1.87. The predicted octanol–water partition coefficient (Wildman–Crippen LogP) is 3.48. The van der Waals surface area contributed by atoms with Gasteiger partial charge in [0.15, 0.2) is 0 Å². The number of anilines is 2. The largest absolute Gasteiger partial charge is 0.462 e. The van der Waals surface area contributed by atoms with Crippen molar-refractivity contribution in [2.75, 3.05) is 36.5 Å². The van der Waals surface area contributed by atoms with Crippen LogP contribution in [-0.2, 0) is 19.1 Å². The van der Waals surface area contributed by atoms with E-state index in [1.54, 1.807) is 34.1 Å². The highest BCUT2D eigenvalue weighted by atomic mass is 16.5. The number of nitrogens with one attached hydrogen (secondary N) is 1. The van der Waals surface area contributed by atoms with Gasteiger partial charge >= 0.3 is 5.97 Å². The fourth-order valence-corrected chi connectivity index (χ4v) is 4.56. The number of nitrogens with zero attached hydrogens (tertiary/aromatic N) is 2. The lowest BCUT2D eigenvalue weighted by molar-refractivity contribution is -0.138. The van der Waals surface area contributed by atoms with Gasteiger partial charge in [-0.15, -0.1) is 0 Å². The number of hydrogen-bond acceptors (Lipinski definition) is 5. The van der Waals surface area contributed by atoms with Gasteiger partial charge in [-0.1, -0.05) is 25.1 Å². The maximum atomic E-state index is 13.1. The molecule has 8 heteroatoms. The van der Waals surface area contributed by atoms with Crippen LogP contribution >= 0.6 is 0 Å². The molecule has 3 amide bonds. The fourth-order valence-electron chi connectivity index (χ4n) is 4.56. The van der Waals surface area contributed by atoms with E-state index in [0.29, 0.717) is 50.3 Å². The van der Waals surface area contributed by atoms with Crippen molar-refractivity contribution in [3.05, 3.63) is 60.2 Å². The zero-order valence-corrected chi connectivity index (χ0v) is 19.9. The lowest BCUT2D eigenvalue weighted by atomic mass is 9.94. The monoisotopic (exact) mass is 477 g/mol. The summed E-state index contributed by atoms with van der Waals surface area (Å²) in [7, 11) is 0. The summed E-state index contributed by atoms with van der Waals surface area (Å²) < 4.78 is 5.11. The first-order valence-electron chi connectivity index (χ1n) is 12.2. The summed E-state index contributed by atoms with van der Waals surface area (Å²) in [5, 5.41) is 2.90. The Morgan fingerprint density at radius 1 is 0.971 bits per heavy atom. The number of amides is 3. The quantitative estimate of drug-likeness (QED) is 0.616. The van der Waals surface area contributed by atoms with E-state index >= 15 is 0 Å². The SMILES string of the molecule is CCCOC(=O)c1ccc(NC(=O)C2CCN(C(=O)C3CC(=O)N(c4ccccc4)C3)CC2)cc1. The maximum absolute atomic E-state index is 13.1. The van der Waals surface area contributed by atoms with Crippen molar-refractivity contribution in [3.63, 3.8) is 0 Å². The number of esters is 1. The molecule has 1 atom stereocenters. The Morgan fingerprint density at radius 3 is 2.31 bits per heavy atom. The molecule has 1 N–H and O–H groups in total. The smallest absolute Gasteiger partial charge is 0.338 e. The lowest BCUT2D eigenvalue weighted by Crippen LogP contribution is -2.44. The van der Waals surface area contributed by atoms with Crippen LogP contribution in [-0.4, -0.2) is 54.8 Å². The molecule has 2 aliphatic heterocycles. The second-order valence-corrected chi connectivity index (χ2v) is 9.04. The van der Waals surface area contributed by atoms with E-state index in [2.05, 4.69) is 5.32 Å². The first kappa shape index (κ1) is 24.4. The average Bonchev–Trinajstić information content (AvgIpc) is 3.29. The van der Waals surface area contributed by atoms with Gasteiger partial charge in [0.2, 0.25) is 17.7 Å². The summed E-state index contributed by atoms with van der Waals surface area (Å²) in [6.07, 6.45) is 2.12. The Morgan fingerprint density at radius 2 is 1.66 bits per heavy atom. The average molecular weight is 478 g/mol. The Bertz CT molecular complexity index is 1060. The molecule has 2 aromatic rings. The van der Waals surface area contributed by atoms with E-state index in [9.17, 15) is 19.2 Å². The first-order chi connectivity index (χ1) is 17.0. The maximum Gasteiger partial charge on any atom is 0.338 e. The van der Waals surface area contributed by atoms with Gasteiger partial charge in [-0.3, -0.25) is 14.4 Å². The molecule has 0 aromatic heterocycles. The van der Waals surface area contributed by atoms with Crippen LogP contribution < -0.4 is 10.2 Å². The van der Waals surface area contributed by atoms with Crippen LogP contribution in [0, 0.1) is 11.8 Å². The topological polar surface area (TPSA) is 96.0 Å². The number of likely N-dealkylation sites (tertiary alicyclic amines) is 1. The van der Waals surface area contributed by atoms with Crippen molar-refractivity contribution in [2.45, 2.75) is 32.6 Å². The summed E-state index contributed by atoms with van der Waals surface area (Å²) in [6.45, 7) is 3.69. The highest BCUT2D eigenvalue weighted by molar-refractivity contribution is 6.00. The van der Waals surface area contributed by atoms with Crippen molar-refractivity contribution in [1.82, 2.24) is 4.90 Å². The second-order valence-electron chi connectivity index (χ2n) is 9.04. The van der Waals surface area contributed by atoms with Crippen LogP contribution in [0.25, 0.3) is 0 Å². The Balaban J connectivity index is 1.25. The van der Waals surface area contributed by atoms with Crippen molar-refractivity contribution in [3.8, 4) is 0 Å². The number of ether oxygens (including phenoxy) is 1. The Hall–Kier alpha value is -3.68. The van der Waals surface area contributed by atoms with E-state index in [1.807, 2.05) is 37.3 Å². The van der Waals surface area contributed by atoms with Gasteiger partial charge in [-0.2, -0.15) is 0 Å². The molecule has 2 aromatic carbocycles. The van der Waals surface area contributed by atoms with Gasteiger partial charge in [0, 0.05) is 43.3 Å². The highest BCUT2D eigenvalue weighted by Crippen LogP contribution is 2.28. The van der Waals surface area contributed by atoms with Gasteiger partial charge in [0.1, 0.15) is 0 Å². The predicted molar refractivity (Wildman–Crippen MR) is 132 cm³/mol. The first-order valence-corrected chi connectivity index (χ1v) is 12.2. The van der Waals surface area contributed by atoms with Gasteiger partial charge in [-0.25, -0.2) is 4.79 Å². The number of para-hydroxylation sites is 1. The molecule has 1 unspecified atom stereocenters. The molecule has 0 spiro atoms. The zero-order valence-electron chi connectivity index (χ0n) is 19.9. The number of rotatable bonds is 7. The Labute approximate surface area is 205 Å². The van der Waals surface area contributed by atoms with Crippen LogP contribution in [0.3, 0.4) is 0 Å². The summed E-state index contributed by atoms with van der Waals surface area (Å²) in [6, 6.07) is 16.1. The fraction of sp³-hybridized carbons (Fsp3) is 0.407. The van der Waals surface area contributed by atoms with E-state index in [4.69, 9.17) is 4.74 Å². The number of hydrogen-bond donors (Lipinski definition) is 1. The van der Waals surface area contributed by atoms with E-state index in [-0.39, 0.29) is 41.9 Å². The third-order valence-electron chi connectivity index (χ3n) is 6.54. The van der Waals surface area contributed by atoms with Crippen LogP contribution in [0.15, 0.2) is 54.6 Å². The van der Waals surface area contributed by atoms with Crippen molar-refractivity contribution < 1.29 is 23.9 Å². The highest BCUT2D eigenvalue weighted by Gasteiger charge is 2.38. The van der Waals surface area contributed by atoms with Crippen LogP contribution in [0.1, 0.15) is 43.0 Å². The van der Waals surface area contributed by atoms with Crippen molar-refractivity contribution in [2.24, 2.45) is 11.8 Å². The molecule has 184 valence electrons. The molecule has 2 saturated heterocycles. The molecule has 2 aliphatic rings. The van der Waals surface area contributed by atoms with Gasteiger partial charge in [-0.05, 0) is 55.7 Å². The molecule has 8 nitrogen and oxygen atoms in total. The second kappa shape index (κ2) is 11.2. The van der Waals surface area contributed by atoms with Gasteiger partial charge < -0.3 is 19.9 Å². The third-order valence-corrected chi connectivity index (χ3v) is 6.54. The molecular formula is C27H31N3O5. The molecule has 0 saturated carbocycles. The number of benzene rings is 2. The minimum absolute atomic E-state index is 0.0128. The minimum Gasteiger partial charge on any atom is -0.462 e. The van der Waals surface area contributed by atoms with E-state index in [0.717, 1.165) is 12.1 Å². The van der Waals surface area contributed by atoms with E-state index < -0.39 is 0 Å². The molecule has 0 aliphatic carbocycles. The number of piperidine rings is 1. The molecule has 0 radical (unpaired) electrons. The molecular weight excluding hydrogens is 446 g/mol. The summed E-state index contributed by atoms with van der Waals surface area (Å²) >= 11 is 0. The van der Waals surface area contributed by atoms with Crippen molar-refractivity contribution in [1.29, 1.82) is 0 Å². The molecule has 35 heavy (non-hydrogen) atoms. The molecule has 2 fully saturated rings. The lowest BCUT2D eigenvalue weighted by Gasteiger charge is -2.33.